The van der Waals surface area contributed by atoms with Gasteiger partial charge in [0.25, 0.3) is 0 Å². The molecule has 0 saturated heterocycles. The molecule has 158 valence electrons. The predicted molar refractivity (Wildman–Crippen MR) is 104 cm³/mol. The van der Waals surface area contributed by atoms with Crippen molar-refractivity contribution in [2.75, 3.05) is 6.61 Å². The molecular formula is C23H39F3O. The highest BCUT2D eigenvalue weighted by atomic mass is 19.2. The summed E-state index contributed by atoms with van der Waals surface area (Å²) in [5.41, 5.74) is 0. The molecule has 3 aliphatic carbocycles. The average molecular weight is 389 g/mol. The number of unbranched alkanes of at least 4 members (excludes halogenated alkanes) is 1. The molecule has 0 amide bonds. The van der Waals surface area contributed by atoms with Gasteiger partial charge in [-0.15, -0.1) is 0 Å². The molecule has 1 nitrogen and oxygen atoms in total. The van der Waals surface area contributed by atoms with Crippen LogP contribution in [0.15, 0.2) is 0 Å². The molecule has 7 atom stereocenters. The summed E-state index contributed by atoms with van der Waals surface area (Å²) in [6.45, 7) is 4.86. The third kappa shape index (κ3) is 5.22. The van der Waals surface area contributed by atoms with Gasteiger partial charge in [0, 0.05) is 6.61 Å². The van der Waals surface area contributed by atoms with Gasteiger partial charge >= 0.3 is 0 Å². The molecule has 0 aliphatic heterocycles. The molecule has 0 bridgehead atoms. The second-order valence-electron chi connectivity index (χ2n) is 9.67. The first-order chi connectivity index (χ1) is 13.0. The van der Waals surface area contributed by atoms with Crippen LogP contribution < -0.4 is 0 Å². The average Bonchev–Trinajstić information content (AvgIpc) is 2.66. The van der Waals surface area contributed by atoms with Crippen LogP contribution >= 0.6 is 0 Å². The van der Waals surface area contributed by atoms with E-state index in [-0.39, 0.29) is 17.8 Å². The molecule has 0 aromatic rings. The number of alkyl halides is 3. The van der Waals surface area contributed by atoms with E-state index in [4.69, 9.17) is 4.74 Å². The van der Waals surface area contributed by atoms with Gasteiger partial charge in [0.1, 0.15) is 12.3 Å². The van der Waals surface area contributed by atoms with Crippen LogP contribution in [0.25, 0.3) is 0 Å². The molecule has 0 radical (unpaired) electrons. The molecule has 3 fully saturated rings. The number of rotatable bonds is 6. The van der Waals surface area contributed by atoms with E-state index in [1.165, 1.54) is 12.8 Å². The molecule has 3 aliphatic rings. The van der Waals surface area contributed by atoms with Gasteiger partial charge in [-0.1, -0.05) is 33.1 Å². The lowest BCUT2D eigenvalue weighted by Crippen LogP contribution is -2.47. The molecule has 7 unspecified atom stereocenters. The van der Waals surface area contributed by atoms with E-state index >= 15 is 4.39 Å². The van der Waals surface area contributed by atoms with Crippen LogP contribution in [0.1, 0.15) is 84.5 Å². The standard InChI is InChI=1S/C23H39F3O/c1-3-4-13-27-21-12-11-19(22(25)23(21)26)17-9-10-18(20(24)14-17)16-7-5-15(2)6-8-16/h15-23H,3-14H2,1-2H3. The van der Waals surface area contributed by atoms with Gasteiger partial charge in [-0.25, -0.2) is 13.2 Å². The van der Waals surface area contributed by atoms with E-state index in [1.54, 1.807) is 0 Å². The third-order valence-corrected chi connectivity index (χ3v) is 7.82. The molecule has 0 spiro atoms. The number of halogens is 3. The Balaban J connectivity index is 1.50. The highest BCUT2D eigenvalue weighted by Crippen LogP contribution is 2.47. The van der Waals surface area contributed by atoms with E-state index in [9.17, 15) is 8.78 Å². The Morgan fingerprint density at radius 1 is 0.778 bits per heavy atom. The minimum atomic E-state index is -1.55. The summed E-state index contributed by atoms with van der Waals surface area (Å²) in [6.07, 6.45) is 5.53. The van der Waals surface area contributed by atoms with E-state index in [2.05, 4.69) is 13.8 Å². The van der Waals surface area contributed by atoms with Crippen molar-refractivity contribution in [2.24, 2.45) is 29.6 Å². The Labute approximate surface area is 163 Å². The minimum Gasteiger partial charge on any atom is -0.375 e. The SMILES string of the molecule is CCCCOC1CCC(C2CCC(C3CCC(C)CC3)C(F)C2)C(F)C1F. The number of hydrogen-bond acceptors (Lipinski definition) is 1. The van der Waals surface area contributed by atoms with Crippen LogP contribution in [0.4, 0.5) is 13.2 Å². The fourth-order valence-corrected chi connectivity index (χ4v) is 5.97. The molecular weight excluding hydrogens is 349 g/mol. The first-order valence-electron chi connectivity index (χ1n) is 11.5. The van der Waals surface area contributed by atoms with Crippen LogP contribution in [-0.2, 0) is 4.74 Å². The lowest BCUT2D eigenvalue weighted by Gasteiger charge is -2.44. The van der Waals surface area contributed by atoms with Crippen molar-refractivity contribution < 1.29 is 17.9 Å². The van der Waals surface area contributed by atoms with Crippen LogP contribution in [0, 0.1) is 29.6 Å². The Hall–Kier alpha value is -0.250. The van der Waals surface area contributed by atoms with Crippen LogP contribution in [0.2, 0.25) is 0 Å². The highest BCUT2D eigenvalue weighted by molar-refractivity contribution is 4.95. The van der Waals surface area contributed by atoms with Gasteiger partial charge in [0.05, 0.1) is 6.10 Å². The van der Waals surface area contributed by atoms with Crippen molar-refractivity contribution in [1.82, 2.24) is 0 Å². The van der Waals surface area contributed by atoms with E-state index < -0.39 is 24.6 Å². The molecule has 3 saturated carbocycles. The maximum Gasteiger partial charge on any atom is 0.157 e. The van der Waals surface area contributed by atoms with Gasteiger partial charge < -0.3 is 4.74 Å². The van der Waals surface area contributed by atoms with E-state index in [0.717, 1.165) is 44.4 Å². The third-order valence-electron chi connectivity index (χ3n) is 7.82. The normalized spacial score (nSPS) is 46.3. The molecule has 0 N–H and O–H groups in total. The fourth-order valence-electron chi connectivity index (χ4n) is 5.97. The van der Waals surface area contributed by atoms with E-state index in [1.807, 2.05) is 0 Å². The zero-order valence-corrected chi connectivity index (χ0v) is 17.2. The van der Waals surface area contributed by atoms with Gasteiger partial charge in [-0.05, 0) is 81.0 Å². The second-order valence-corrected chi connectivity index (χ2v) is 9.67. The monoisotopic (exact) mass is 388 g/mol. The summed E-state index contributed by atoms with van der Waals surface area (Å²) in [6, 6.07) is 0. The van der Waals surface area contributed by atoms with Crippen molar-refractivity contribution in [3.63, 3.8) is 0 Å². The summed E-state index contributed by atoms with van der Waals surface area (Å²) in [4.78, 5) is 0. The minimum absolute atomic E-state index is 0.00334. The molecule has 0 aromatic carbocycles. The maximum absolute atomic E-state index is 15.0. The highest BCUT2D eigenvalue weighted by Gasteiger charge is 2.47. The Bertz CT molecular complexity index is 437. The molecule has 0 aromatic heterocycles. The predicted octanol–water partition coefficient (Wildman–Crippen LogP) is 6.84. The summed E-state index contributed by atoms with van der Waals surface area (Å²) < 4.78 is 50.0. The van der Waals surface area contributed by atoms with Crippen molar-refractivity contribution in [2.45, 2.75) is 109 Å². The lowest BCUT2D eigenvalue weighted by atomic mass is 9.64. The number of ether oxygens (including phenoxy) is 1. The zero-order valence-electron chi connectivity index (χ0n) is 17.2. The summed E-state index contributed by atoms with van der Waals surface area (Å²) in [5.74, 6) is 1.12. The largest absolute Gasteiger partial charge is 0.375 e. The maximum atomic E-state index is 15.0. The lowest BCUT2D eigenvalue weighted by molar-refractivity contribution is -0.0925. The smallest absolute Gasteiger partial charge is 0.157 e. The summed E-state index contributed by atoms with van der Waals surface area (Å²) in [7, 11) is 0. The molecule has 3 rings (SSSR count). The van der Waals surface area contributed by atoms with Crippen LogP contribution in [0.5, 0.6) is 0 Å². The van der Waals surface area contributed by atoms with Gasteiger partial charge in [-0.3, -0.25) is 0 Å². The van der Waals surface area contributed by atoms with Gasteiger partial charge in [0.2, 0.25) is 0 Å². The summed E-state index contributed by atoms with van der Waals surface area (Å²) in [5, 5.41) is 0. The van der Waals surface area contributed by atoms with Crippen molar-refractivity contribution in [1.29, 1.82) is 0 Å². The van der Waals surface area contributed by atoms with Gasteiger partial charge in [0.15, 0.2) is 6.17 Å². The summed E-state index contributed by atoms with van der Waals surface area (Å²) >= 11 is 0. The topological polar surface area (TPSA) is 9.23 Å². The molecule has 27 heavy (non-hydrogen) atoms. The van der Waals surface area contributed by atoms with E-state index in [0.29, 0.717) is 31.8 Å². The first kappa shape index (κ1) is 21.5. The Kier molecular flexibility index (Phi) is 7.93. The Morgan fingerprint density at radius 2 is 1.44 bits per heavy atom. The number of hydrogen-bond donors (Lipinski definition) is 0. The van der Waals surface area contributed by atoms with Crippen molar-refractivity contribution >= 4 is 0 Å². The van der Waals surface area contributed by atoms with Crippen LogP contribution in [-0.4, -0.2) is 31.2 Å². The van der Waals surface area contributed by atoms with Crippen molar-refractivity contribution in [3.05, 3.63) is 0 Å². The van der Waals surface area contributed by atoms with Crippen molar-refractivity contribution in [3.8, 4) is 0 Å². The Morgan fingerprint density at radius 3 is 2.11 bits per heavy atom. The first-order valence-corrected chi connectivity index (χ1v) is 11.5. The molecule has 0 heterocycles. The van der Waals surface area contributed by atoms with Crippen LogP contribution in [0.3, 0.4) is 0 Å². The second kappa shape index (κ2) is 9.98. The zero-order chi connectivity index (χ0) is 19.4. The fraction of sp³-hybridized carbons (Fsp3) is 1.00. The molecule has 4 heteroatoms. The van der Waals surface area contributed by atoms with Gasteiger partial charge in [-0.2, -0.15) is 0 Å². The quantitative estimate of drug-likeness (QED) is 0.453.